The molecule has 4 amide bonds. The molecule has 1 saturated heterocycles. The van der Waals surface area contributed by atoms with Gasteiger partial charge >= 0.3 is 6.03 Å². The fourth-order valence-corrected chi connectivity index (χ4v) is 2.66. The lowest BCUT2D eigenvalue weighted by atomic mass is 10.0. The Kier molecular flexibility index (Phi) is 5.92. The SMILES string of the molecule is CC(C)CC(CN)NC(=O)c1cccc(CN2C(=O)CNC2=O)c1. The second-order valence-electron chi connectivity index (χ2n) is 6.37. The minimum absolute atomic E-state index is 0.0202. The molecular formula is C17H24N4O3. The van der Waals surface area contributed by atoms with Gasteiger partial charge in [-0.1, -0.05) is 26.0 Å². The van der Waals surface area contributed by atoms with Gasteiger partial charge in [-0.25, -0.2) is 4.79 Å². The summed E-state index contributed by atoms with van der Waals surface area (Å²) in [5, 5.41) is 5.40. The summed E-state index contributed by atoms with van der Waals surface area (Å²) in [6.45, 7) is 4.71. The highest BCUT2D eigenvalue weighted by atomic mass is 16.2. The Balaban J connectivity index is 2.05. The van der Waals surface area contributed by atoms with Gasteiger partial charge in [0.05, 0.1) is 13.1 Å². The fraction of sp³-hybridized carbons (Fsp3) is 0.471. The van der Waals surface area contributed by atoms with Crippen LogP contribution in [0.3, 0.4) is 0 Å². The van der Waals surface area contributed by atoms with Crippen LogP contribution in [0.4, 0.5) is 4.79 Å². The van der Waals surface area contributed by atoms with Crippen molar-refractivity contribution in [2.24, 2.45) is 11.7 Å². The fourth-order valence-electron chi connectivity index (χ4n) is 2.66. The van der Waals surface area contributed by atoms with Crippen molar-refractivity contribution in [3.63, 3.8) is 0 Å². The maximum absolute atomic E-state index is 12.4. The van der Waals surface area contributed by atoms with Gasteiger partial charge in [0.25, 0.3) is 5.91 Å². The van der Waals surface area contributed by atoms with Crippen molar-refractivity contribution in [3.05, 3.63) is 35.4 Å². The number of urea groups is 1. The lowest BCUT2D eigenvalue weighted by molar-refractivity contribution is -0.125. The summed E-state index contributed by atoms with van der Waals surface area (Å²) in [6, 6.07) is 6.43. The number of benzene rings is 1. The van der Waals surface area contributed by atoms with Gasteiger partial charge < -0.3 is 16.4 Å². The van der Waals surface area contributed by atoms with Gasteiger partial charge in [-0.15, -0.1) is 0 Å². The number of nitrogens with one attached hydrogen (secondary N) is 2. The molecule has 1 aliphatic heterocycles. The molecule has 0 aliphatic carbocycles. The standard InChI is InChI=1S/C17H24N4O3/c1-11(2)6-14(8-18)20-16(23)13-5-3-4-12(7-13)10-21-15(22)9-19-17(21)24/h3-5,7,11,14H,6,8-10,18H2,1-2H3,(H,19,24)(H,20,23). The Morgan fingerprint density at radius 2 is 2.12 bits per heavy atom. The van der Waals surface area contributed by atoms with E-state index in [9.17, 15) is 14.4 Å². The normalized spacial score (nSPS) is 15.6. The zero-order valence-corrected chi connectivity index (χ0v) is 14.0. The number of imide groups is 1. The van der Waals surface area contributed by atoms with Crippen LogP contribution in [0.5, 0.6) is 0 Å². The Bertz CT molecular complexity index is 614. The third-order valence-corrected chi connectivity index (χ3v) is 3.84. The van der Waals surface area contributed by atoms with Crippen molar-refractivity contribution in [3.8, 4) is 0 Å². The first kappa shape index (κ1) is 17.9. The van der Waals surface area contributed by atoms with Crippen LogP contribution in [-0.4, -0.2) is 41.9 Å². The van der Waals surface area contributed by atoms with Crippen LogP contribution < -0.4 is 16.4 Å². The van der Waals surface area contributed by atoms with E-state index in [1.54, 1.807) is 24.3 Å². The number of hydrogen-bond acceptors (Lipinski definition) is 4. The number of hydrogen-bond donors (Lipinski definition) is 3. The van der Waals surface area contributed by atoms with E-state index in [1.165, 1.54) is 0 Å². The Hall–Kier alpha value is -2.41. The Morgan fingerprint density at radius 3 is 2.71 bits per heavy atom. The van der Waals surface area contributed by atoms with E-state index in [4.69, 9.17) is 5.73 Å². The molecule has 0 spiro atoms. The summed E-state index contributed by atoms with van der Waals surface area (Å²) in [6.07, 6.45) is 0.810. The van der Waals surface area contributed by atoms with Crippen LogP contribution >= 0.6 is 0 Å². The molecule has 0 saturated carbocycles. The van der Waals surface area contributed by atoms with Gasteiger partial charge in [-0.2, -0.15) is 0 Å². The van der Waals surface area contributed by atoms with E-state index in [1.807, 2.05) is 0 Å². The predicted molar refractivity (Wildman–Crippen MR) is 90.2 cm³/mol. The number of nitrogens with two attached hydrogens (primary N) is 1. The van der Waals surface area contributed by atoms with E-state index in [0.717, 1.165) is 16.9 Å². The topological polar surface area (TPSA) is 105 Å². The third kappa shape index (κ3) is 4.55. The lowest BCUT2D eigenvalue weighted by Crippen LogP contribution is -2.41. The summed E-state index contributed by atoms with van der Waals surface area (Å²) in [4.78, 5) is 36.8. The van der Waals surface area contributed by atoms with Crippen LogP contribution in [0.1, 0.15) is 36.2 Å². The summed E-state index contributed by atoms with van der Waals surface area (Å²) >= 11 is 0. The molecule has 1 aliphatic rings. The van der Waals surface area contributed by atoms with Gasteiger partial charge in [0.2, 0.25) is 5.91 Å². The number of amides is 4. The molecular weight excluding hydrogens is 308 g/mol. The molecule has 1 fully saturated rings. The number of rotatable bonds is 7. The first-order valence-corrected chi connectivity index (χ1v) is 8.08. The average Bonchev–Trinajstić information content (AvgIpc) is 2.86. The first-order chi connectivity index (χ1) is 11.4. The molecule has 0 radical (unpaired) electrons. The number of carbonyl (C=O) groups excluding carboxylic acids is 3. The zero-order valence-electron chi connectivity index (χ0n) is 14.0. The largest absolute Gasteiger partial charge is 0.348 e. The minimum atomic E-state index is -0.407. The molecule has 0 bridgehead atoms. The van der Waals surface area contributed by atoms with E-state index >= 15 is 0 Å². The molecule has 1 atom stereocenters. The molecule has 1 heterocycles. The van der Waals surface area contributed by atoms with E-state index in [-0.39, 0.29) is 30.9 Å². The summed E-state index contributed by atoms with van der Waals surface area (Å²) in [5.74, 6) is -0.0370. The molecule has 1 unspecified atom stereocenters. The van der Waals surface area contributed by atoms with E-state index in [2.05, 4.69) is 24.5 Å². The summed E-state index contributed by atoms with van der Waals surface area (Å²) < 4.78 is 0. The van der Waals surface area contributed by atoms with Crippen LogP contribution in [0.25, 0.3) is 0 Å². The lowest BCUT2D eigenvalue weighted by Gasteiger charge is -2.19. The maximum Gasteiger partial charge on any atom is 0.324 e. The van der Waals surface area contributed by atoms with Crippen molar-refractivity contribution in [2.45, 2.75) is 32.9 Å². The Labute approximate surface area is 141 Å². The van der Waals surface area contributed by atoms with Crippen LogP contribution in [-0.2, 0) is 11.3 Å². The highest BCUT2D eigenvalue weighted by Gasteiger charge is 2.28. The summed E-state index contributed by atoms with van der Waals surface area (Å²) in [5.41, 5.74) is 6.92. The second-order valence-corrected chi connectivity index (χ2v) is 6.37. The molecule has 130 valence electrons. The van der Waals surface area contributed by atoms with Gasteiger partial charge in [0, 0.05) is 18.2 Å². The van der Waals surface area contributed by atoms with Crippen LogP contribution in [0.2, 0.25) is 0 Å². The third-order valence-electron chi connectivity index (χ3n) is 3.84. The zero-order chi connectivity index (χ0) is 17.7. The smallest absolute Gasteiger partial charge is 0.324 e. The van der Waals surface area contributed by atoms with Crippen molar-refractivity contribution in [1.82, 2.24) is 15.5 Å². The molecule has 1 aromatic carbocycles. The van der Waals surface area contributed by atoms with Gasteiger partial charge in [0.1, 0.15) is 0 Å². The molecule has 4 N–H and O–H groups in total. The maximum atomic E-state index is 12.4. The predicted octanol–water partition coefficient (Wildman–Crippen LogP) is 0.842. The highest BCUT2D eigenvalue weighted by molar-refractivity contribution is 6.02. The van der Waals surface area contributed by atoms with Gasteiger partial charge in [0.15, 0.2) is 0 Å². The summed E-state index contributed by atoms with van der Waals surface area (Å²) in [7, 11) is 0. The average molecular weight is 332 g/mol. The van der Waals surface area contributed by atoms with Gasteiger partial charge in [-0.05, 0) is 30.0 Å². The van der Waals surface area contributed by atoms with Crippen molar-refractivity contribution in [2.75, 3.05) is 13.1 Å². The second kappa shape index (κ2) is 7.92. The highest BCUT2D eigenvalue weighted by Crippen LogP contribution is 2.12. The van der Waals surface area contributed by atoms with E-state index < -0.39 is 6.03 Å². The quantitative estimate of drug-likeness (QED) is 0.644. The van der Waals surface area contributed by atoms with Crippen LogP contribution in [0.15, 0.2) is 24.3 Å². The molecule has 24 heavy (non-hydrogen) atoms. The number of nitrogens with zero attached hydrogens (tertiary/aromatic N) is 1. The van der Waals surface area contributed by atoms with Crippen molar-refractivity contribution >= 4 is 17.8 Å². The van der Waals surface area contributed by atoms with E-state index in [0.29, 0.717) is 18.0 Å². The minimum Gasteiger partial charge on any atom is -0.348 e. The molecule has 7 heteroatoms. The molecule has 7 nitrogen and oxygen atoms in total. The molecule has 0 aromatic heterocycles. The Morgan fingerprint density at radius 1 is 1.38 bits per heavy atom. The molecule has 1 aromatic rings. The van der Waals surface area contributed by atoms with Crippen LogP contribution in [0, 0.1) is 5.92 Å². The van der Waals surface area contributed by atoms with Crippen molar-refractivity contribution < 1.29 is 14.4 Å². The van der Waals surface area contributed by atoms with Crippen molar-refractivity contribution in [1.29, 1.82) is 0 Å². The molecule has 2 rings (SSSR count). The van der Waals surface area contributed by atoms with Gasteiger partial charge in [-0.3, -0.25) is 14.5 Å². The number of carbonyl (C=O) groups is 3. The first-order valence-electron chi connectivity index (χ1n) is 8.08. The monoisotopic (exact) mass is 332 g/mol.